The van der Waals surface area contributed by atoms with Crippen molar-refractivity contribution in [2.75, 3.05) is 31.8 Å². The third-order valence-corrected chi connectivity index (χ3v) is 8.37. The SMILES string of the molecule is CCN(CC)C(=O)c1ccc(S(=O)(=O)N2CSCC2C(=O)N(C)C2CC2)cc1. The zero-order valence-electron chi connectivity index (χ0n) is 16.5. The second-order valence-electron chi connectivity index (χ2n) is 7.09. The van der Waals surface area contributed by atoms with E-state index in [1.54, 1.807) is 29.0 Å². The van der Waals surface area contributed by atoms with Crippen molar-refractivity contribution in [3.63, 3.8) is 0 Å². The molecule has 1 aromatic rings. The first-order valence-electron chi connectivity index (χ1n) is 9.56. The van der Waals surface area contributed by atoms with Crippen LogP contribution in [0.25, 0.3) is 0 Å². The van der Waals surface area contributed by atoms with Gasteiger partial charge in [0.15, 0.2) is 0 Å². The molecule has 0 N–H and O–H groups in total. The average Bonchev–Trinajstić information content (AvgIpc) is 3.43. The first-order valence-corrected chi connectivity index (χ1v) is 12.2. The fourth-order valence-electron chi connectivity index (χ4n) is 3.33. The van der Waals surface area contributed by atoms with Gasteiger partial charge in [0.25, 0.3) is 5.91 Å². The van der Waals surface area contributed by atoms with Gasteiger partial charge in [0.2, 0.25) is 15.9 Å². The number of carbonyl (C=O) groups excluding carboxylic acids is 2. The van der Waals surface area contributed by atoms with Crippen molar-refractivity contribution >= 4 is 33.6 Å². The van der Waals surface area contributed by atoms with Crippen molar-refractivity contribution in [3.05, 3.63) is 29.8 Å². The number of amides is 2. The molecule has 154 valence electrons. The first-order chi connectivity index (χ1) is 13.3. The van der Waals surface area contributed by atoms with Crippen LogP contribution < -0.4 is 0 Å². The van der Waals surface area contributed by atoms with Crippen LogP contribution in [0.5, 0.6) is 0 Å². The molecule has 1 saturated carbocycles. The summed E-state index contributed by atoms with van der Waals surface area (Å²) < 4.78 is 27.6. The number of rotatable bonds is 7. The Morgan fingerprint density at radius 3 is 2.29 bits per heavy atom. The summed E-state index contributed by atoms with van der Waals surface area (Å²) in [4.78, 5) is 28.7. The minimum absolute atomic E-state index is 0.109. The number of hydrogen-bond acceptors (Lipinski definition) is 5. The normalized spacial score (nSPS) is 20.2. The summed E-state index contributed by atoms with van der Waals surface area (Å²) in [5, 5.41) is 0. The number of carbonyl (C=O) groups is 2. The van der Waals surface area contributed by atoms with Gasteiger partial charge in [0.05, 0.1) is 10.8 Å². The lowest BCUT2D eigenvalue weighted by atomic mass is 10.2. The van der Waals surface area contributed by atoms with E-state index in [4.69, 9.17) is 0 Å². The zero-order chi connectivity index (χ0) is 20.5. The molecule has 1 saturated heterocycles. The molecule has 1 aromatic carbocycles. The third kappa shape index (κ3) is 4.06. The van der Waals surface area contributed by atoms with Crippen molar-refractivity contribution in [1.29, 1.82) is 0 Å². The van der Waals surface area contributed by atoms with Crippen LogP contribution in [0, 0.1) is 0 Å². The number of sulfonamides is 1. The molecule has 2 aliphatic rings. The van der Waals surface area contributed by atoms with Gasteiger partial charge in [-0.15, -0.1) is 11.8 Å². The van der Waals surface area contributed by atoms with Crippen LogP contribution in [0.3, 0.4) is 0 Å². The van der Waals surface area contributed by atoms with Crippen LogP contribution >= 0.6 is 11.8 Å². The van der Waals surface area contributed by atoms with E-state index in [2.05, 4.69) is 0 Å². The maximum atomic E-state index is 13.1. The Morgan fingerprint density at radius 1 is 1.14 bits per heavy atom. The number of hydrogen-bond donors (Lipinski definition) is 0. The van der Waals surface area contributed by atoms with Crippen molar-refractivity contribution < 1.29 is 18.0 Å². The maximum absolute atomic E-state index is 13.1. The number of benzene rings is 1. The largest absolute Gasteiger partial charge is 0.341 e. The van der Waals surface area contributed by atoms with Crippen LogP contribution in [0.2, 0.25) is 0 Å². The molecule has 1 unspecified atom stereocenters. The monoisotopic (exact) mass is 425 g/mol. The predicted octanol–water partition coefficient (Wildman–Crippen LogP) is 1.85. The summed E-state index contributed by atoms with van der Waals surface area (Å²) in [5.74, 6) is 0.472. The highest BCUT2D eigenvalue weighted by molar-refractivity contribution is 8.00. The molecule has 0 bridgehead atoms. The van der Waals surface area contributed by atoms with Gasteiger partial charge in [-0.1, -0.05) is 0 Å². The van der Waals surface area contributed by atoms with Gasteiger partial charge in [0.1, 0.15) is 6.04 Å². The van der Waals surface area contributed by atoms with Crippen molar-refractivity contribution in [1.82, 2.24) is 14.1 Å². The minimum Gasteiger partial charge on any atom is -0.341 e. The number of thioether (sulfide) groups is 1. The van der Waals surface area contributed by atoms with Crippen molar-refractivity contribution in [2.24, 2.45) is 0 Å². The van der Waals surface area contributed by atoms with Gasteiger partial charge in [-0.3, -0.25) is 9.59 Å². The Balaban J connectivity index is 1.79. The van der Waals surface area contributed by atoms with E-state index < -0.39 is 16.1 Å². The highest BCUT2D eigenvalue weighted by Crippen LogP contribution is 2.32. The Bertz CT molecular complexity index is 833. The van der Waals surface area contributed by atoms with Crippen LogP contribution in [-0.4, -0.2) is 78.2 Å². The third-order valence-electron chi connectivity index (χ3n) is 5.33. The van der Waals surface area contributed by atoms with Crippen LogP contribution in [0.4, 0.5) is 0 Å². The van der Waals surface area contributed by atoms with Crippen molar-refractivity contribution in [3.8, 4) is 0 Å². The molecule has 1 aliphatic carbocycles. The lowest BCUT2D eigenvalue weighted by Gasteiger charge is -2.27. The lowest BCUT2D eigenvalue weighted by molar-refractivity contribution is -0.133. The fourth-order valence-corrected chi connectivity index (χ4v) is 6.47. The highest BCUT2D eigenvalue weighted by Gasteiger charge is 2.43. The van der Waals surface area contributed by atoms with E-state index in [1.807, 2.05) is 13.8 Å². The molecule has 0 spiro atoms. The van der Waals surface area contributed by atoms with Gasteiger partial charge in [0, 0.05) is 37.5 Å². The Hall–Kier alpha value is -1.58. The molecule has 7 nitrogen and oxygen atoms in total. The Kier molecular flexibility index (Phi) is 6.36. The molecule has 1 atom stereocenters. The molecule has 3 rings (SSSR count). The summed E-state index contributed by atoms with van der Waals surface area (Å²) in [6, 6.07) is 5.58. The molecule has 28 heavy (non-hydrogen) atoms. The molecule has 0 radical (unpaired) electrons. The van der Waals surface area contributed by atoms with E-state index in [0.717, 1.165) is 12.8 Å². The molecule has 1 heterocycles. The van der Waals surface area contributed by atoms with Crippen LogP contribution in [0.15, 0.2) is 29.2 Å². The number of likely N-dealkylation sites (N-methyl/N-ethyl adjacent to an activating group) is 1. The summed E-state index contributed by atoms with van der Waals surface area (Å²) in [6.07, 6.45) is 1.97. The van der Waals surface area contributed by atoms with Gasteiger partial charge < -0.3 is 9.80 Å². The molecular formula is C19H27N3O4S2. The van der Waals surface area contributed by atoms with Gasteiger partial charge in [-0.05, 0) is 51.0 Å². The van der Waals surface area contributed by atoms with E-state index in [0.29, 0.717) is 24.4 Å². The minimum atomic E-state index is -3.81. The molecule has 2 fully saturated rings. The smallest absolute Gasteiger partial charge is 0.253 e. The predicted molar refractivity (Wildman–Crippen MR) is 110 cm³/mol. The van der Waals surface area contributed by atoms with E-state index in [9.17, 15) is 18.0 Å². The van der Waals surface area contributed by atoms with Gasteiger partial charge in [-0.25, -0.2) is 8.42 Å². The second kappa shape index (κ2) is 8.42. The summed E-state index contributed by atoms with van der Waals surface area (Å²) >= 11 is 1.45. The van der Waals surface area contributed by atoms with Gasteiger partial charge >= 0.3 is 0 Å². The van der Waals surface area contributed by atoms with Gasteiger partial charge in [-0.2, -0.15) is 4.31 Å². The molecule has 0 aromatic heterocycles. The molecule has 9 heteroatoms. The summed E-state index contributed by atoms with van der Waals surface area (Å²) in [6.45, 7) is 5.00. The van der Waals surface area contributed by atoms with E-state index in [1.165, 1.54) is 28.2 Å². The molecular weight excluding hydrogens is 398 g/mol. The summed E-state index contributed by atoms with van der Waals surface area (Å²) in [7, 11) is -2.05. The Labute approximate surface area is 171 Å². The standard InChI is InChI=1S/C19H27N3O4S2/c1-4-21(5-2)18(23)14-6-10-16(11-7-14)28(25,26)22-13-27-12-17(22)19(24)20(3)15-8-9-15/h6-7,10-11,15,17H,4-5,8-9,12-13H2,1-3H3. The van der Waals surface area contributed by atoms with Crippen molar-refractivity contribution in [2.45, 2.75) is 43.7 Å². The zero-order valence-corrected chi connectivity index (χ0v) is 18.1. The maximum Gasteiger partial charge on any atom is 0.253 e. The van der Waals surface area contributed by atoms with E-state index >= 15 is 0 Å². The van der Waals surface area contributed by atoms with Crippen LogP contribution in [-0.2, 0) is 14.8 Å². The topological polar surface area (TPSA) is 78.0 Å². The average molecular weight is 426 g/mol. The Morgan fingerprint density at radius 2 is 1.75 bits per heavy atom. The number of nitrogens with zero attached hydrogens (tertiary/aromatic N) is 3. The second-order valence-corrected chi connectivity index (χ2v) is 9.98. The molecule has 1 aliphatic heterocycles. The summed E-state index contributed by atoms with van der Waals surface area (Å²) in [5.41, 5.74) is 0.458. The quantitative estimate of drug-likeness (QED) is 0.666. The lowest BCUT2D eigenvalue weighted by Crippen LogP contribution is -2.48. The van der Waals surface area contributed by atoms with E-state index in [-0.39, 0.29) is 28.6 Å². The first kappa shape index (κ1) is 21.1. The highest BCUT2D eigenvalue weighted by atomic mass is 32.2. The van der Waals surface area contributed by atoms with Crippen LogP contribution in [0.1, 0.15) is 37.0 Å². The molecule has 2 amide bonds. The fraction of sp³-hybridized carbons (Fsp3) is 0.579.